The number of allylic oxidation sites excluding steroid dienone is 5. The summed E-state index contributed by atoms with van der Waals surface area (Å²) in [5, 5.41) is 18.9. The molecule has 28 heavy (non-hydrogen) atoms. The molecule has 4 rings (SSSR count). The summed E-state index contributed by atoms with van der Waals surface area (Å²) in [5.74, 6) is -0.0942. The van der Waals surface area contributed by atoms with E-state index in [-0.39, 0.29) is 11.9 Å². The lowest BCUT2D eigenvalue weighted by Gasteiger charge is -2.18. The highest BCUT2D eigenvalue weighted by molar-refractivity contribution is 6.40. The molecule has 9 heteroatoms. The normalized spacial score (nSPS) is 20.7. The lowest BCUT2D eigenvalue weighted by atomic mass is 10.0. The van der Waals surface area contributed by atoms with Gasteiger partial charge < -0.3 is 10.2 Å². The van der Waals surface area contributed by atoms with Crippen LogP contribution in [0, 0.1) is 5.41 Å². The van der Waals surface area contributed by atoms with Crippen LogP contribution in [0.3, 0.4) is 0 Å². The molecule has 2 aromatic heterocycles. The van der Waals surface area contributed by atoms with Crippen LogP contribution in [0.25, 0.3) is 5.65 Å². The van der Waals surface area contributed by atoms with E-state index in [1.165, 1.54) is 0 Å². The van der Waals surface area contributed by atoms with Gasteiger partial charge in [0.2, 0.25) is 11.5 Å². The largest absolute Gasteiger partial charge is 0.351 e. The predicted octanol–water partition coefficient (Wildman–Crippen LogP) is 1.31. The quantitative estimate of drug-likeness (QED) is 0.606. The van der Waals surface area contributed by atoms with Crippen molar-refractivity contribution in [3.63, 3.8) is 0 Å². The molecule has 1 aliphatic heterocycles. The Morgan fingerprint density at radius 2 is 2.29 bits per heavy atom. The van der Waals surface area contributed by atoms with Gasteiger partial charge in [0.1, 0.15) is 6.33 Å². The molecule has 2 N–H and O–H groups in total. The first kappa shape index (κ1) is 17.8. The van der Waals surface area contributed by atoms with Crippen molar-refractivity contribution in [1.82, 2.24) is 24.9 Å². The molecule has 1 aliphatic carbocycles. The molecular formula is C19H20N8O. The van der Waals surface area contributed by atoms with Crippen molar-refractivity contribution in [1.29, 1.82) is 5.41 Å². The lowest BCUT2D eigenvalue weighted by Crippen LogP contribution is -2.40. The zero-order valence-corrected chi connectivity index (χ0v) is 15.5. The van der Waals surface area contributed by atoms with Crippen LogP contribution < -0.4 is 10.2 Å². The minimum atomic E-state index is -0.500. The maximum Gasteiger partial charge on any atom is 0.288 e. The molecule has 0 radical (unpaired) electrons. The van der Waals surface area contributed by atoms with E-state index in [0.29, 0.717) is 23.5 Å². The highest BCUT2D eigenvalue weighted by atomic mass is 16.2. The van der Waals surface area contributed by atoms with Crippen molar-refractivity contribution in [2.24, 2.45) is 4.99 Å². The fourth-order valence-electron chi connectivity index (χ4n) is 3.29. The predicted molar refractivity (Wildman–Crippen MR) is 107 cm³/mol. The van der Waals surface area contributed by atoms with E-state index in [0.717, 1.165) is 24.4 Å². The summed E-state index contributed by atoms with van der Waals surface area (Å²) >= 11 is 0. The third-order valence-electron chi connectivity index (χ3n) is 4.70. The fourth-order valence-corrected chi connectivity index (χ4v) is 3.29. The third-order valence-corrected chi connectivity index (χ3v) is 4.70. The van der Waals surface area contributed by atoms with Crippen LogP contribution in [0.4, 0.5) is 5.82 Å². The Bertz CT molecular complexity index is 1060. The number of nitrogens with zero attached hydrogens (tertiary/aromatic N) is 6. The molecule has 142 valence electrons. The van der Waals surface area contributed by atoms with Crippen molar-refractivity contribution in [2.45, 2.75) is 19.4 Å². The van der Waals surface area contributed by atoms with Crippen LogP contribution in [0.15, 0.2) is 59.7 Å². The van der Waals surface area contributed by atoms with Crippen molar-refractivity contribution < 1.29 is 4.79 Å². The number of carbonyl (C=O) groups is 1. The minimum Gasteiger partial charge on any atom is -0.351 e. The van der Waals surface area contributed by atoms with Crippen molar-refractivity contribution in [2.75, 3.05) is 18.0 Å². The molecular weight excluding hydrogens is 356 g/mol. The van der Waals surface area contributed by atoms with E-state index >= 15 is 0 Å². The van der Waals surface area contributed by atoms with Gasteiger partial charge >= 0.3 is 0 Å². The van der Waals surface area contributed by atoms with E-state index in [1.807, 2.05) is 19.1 Å². The van der Waals surface area contributed by atoms with E-state index in [9.17, 15) is 4.79 Å². The number of rotatable bonds is 2. The van der Waals surface area contributed by atoms with Crippen LogP contribution in [0.1, 0.15) is 13.3 Å². The Morgan fingerprint density at radius 3 is 3.11 bits per heavy atom. The highest BCUT2D eigenvalue weighted by Gasteiger charge is 2.27. The molecule has 2 aliphatic rings. The second-order valence-corrected chi connectivity index (χ2v) is 6.81. The van der Waals surface area contributed by atoms with E-state index in [4.69, 9.17) is 5.41 Å². The number of amides is 1. The standard InChI is InChI=1S/C19H20N8O/c1-12-3-4-15(13(2)9-12)24-16(20)19(28)23-14-5-7-26(10-14)17-18-25-22-11-27(18)8-6-21-17/h3-4,6,8-9,11,14,20H,2,5,7,10H2,1H3,(H,23,28)/b20-16?,24-15-/t14-/m0/s1. The Morgan fingerprint density at radius 1 is 1.43 bits per heavy atom. The van der Waals surface area contributed by atoms with E-state index in [1.54, 1.807) is 29.2 Å². The monoisotopic (exact) mass is 376 g/mol. The number of aromatic nitrogens is 4. The fraction of sp³-hybridized carbons (Fsp3) is 0.263. The first-order valence-electron chi connectivity index (χ1n) is 8.94. The number of nitrogens with one attached hydrogen (secondary N) is 2. The average Bonchev–Trinajstić information content (AvgIpc) is 3.32. The number of amidine groups is 1. The molecule has 1 fully saturated rings. The summed E-state index contributed by atoms with van der Waals surface area (Å²) in [5.41, 5.74) is 2.96. The van der Waals surface area contributed by atoms with Crippen LogP contribution in [0.2, 0.25) is 0 Å². The molecule has 0 spiro atoms. The second-order valence-electron chi connectivity index (χ2n) is 6.81. The van der Waals surface area contributed by atoms with Gasteiger partial charge in [0.15, 0.2) is 5.82 Å². The molecule has 0 bridgehead atoms. The molecule has 1 amide bonds. The van der Waals surface area contributed by atoms with Gasteiger partial charge in [0, 0.05) is 31.5 Å². The first-order valence-corrected chi connectivity index (χ1v) is 8.94. The van der Waals surface area contributed by atoms with Gasteiger partial charge in [-0.3, -0.25) is 14.6 Å². The van der Waals surface area contributed by atoms with Gasteiger partial charge in [0.25, 0.3) is 5.91 Å². The number of carbonyl (C=O) groups excluding carboxylic acids is 1. The highest BCUT2D eigenvalue weighted by Crippen LogP contribution is 2.21. The van der Waals surface area contributed by atoms with Gasteiger partial charge in [-0.05, 0) is 25.0 Å². The summed E-state index contributed by atoms with van der Waals surface area (Å²) in [4.78, 5) is 23.0. The number of fused-ring (bicyclic) bond motifs is 1. The van der Waals surface area contributed by atoms with Crippen molar-refractivity contribution in [3.8, 4) is 0 Å². The van der Waals surface area contributed by atoms with E-state index < -0.39 is 5.91 Å². The summed E-state index contributed by atoms with van der Waals surface area (Å²) in [7, 11) is 0. The SMILES string of the molecule is C=C1C=C(C)C=C/C1=N/C(=N)C(=O)N[C@H]1CCN(c2nccn3cnnc23)C1. The third kappa shape index (κ3) is 3.46. The maximum absolute atomic E-state index is 12.4. The molecule has 0 saturated carbocycles. The molecule has 1 atom stereocenters. The summed E-state index contributed by atoms with van der Waals surface area (Å²) in [6.45, 7) is 7.19. The van der Waals surface area contributed by atoms with Crippen LogP contribution in [-0.2, 0) is 4.79 Å². The first-order chi connectivity index (χ1) is 13.5. The molecule has 2 aromatic rings. The Labute approximate surface area is 161 Å². The Balaban J connectivity index is 1.40. The minimum absolute atomic E-state index is 0.0923. The zero-order valence-electron chi connectivity index (χ0n) is 15.5. The Hall–Kier alpha value is -3.62. The van der Waals surface area contributed by atoms with Crippen molar-refractivity contribution in [3.05, 3.63) is 54.7 Å². The average molecular weight is 376 g/mol. The number of hydrogen-bond donors (Lipinski definition) is 2. The molecule has 0 aromatic carbocycles. The number of anilines is 1. The lowest BCUT2D eigenvalue weighted by molar-refractivity contribution is -0.115. The molecule has 3 heterocycles. The molecule has 1 saturated heterocycles. The van der Waals surface area contributed by atoms with Crippen molar-refractivity contribution >= 4 is 28.9 Å². The van der Waals surface area contributed by atoms with Gasteiger partial charge in [-0.1, -0.05) is 24.3 Å². The second kappa shape index (κ2) is 7.18. The Kier molecular flexibility index (Phi) is 4.56. The smallest absolute Gasteiger partial charge is 0.288 e. The number of hydrogen-bond acceptors (Lipinski definition) is 6. The van der Waals surface area contributed by atoms with Gasteiger partial charge in [-0.25, -0.2) is 9.98 Å². The van der Waals surface area contributed by atoms with Crippen LogP contribution in [-0.4, -0.2) is 56.2 Å². The van der Waals surface area contributed by atoms with E-state index in [2.05, 4.69) is 37.0 Å². The molecule has 0 unspecified atom stereocenters. The number of aliphatic imine (C=N–C) groups is 1. The van der Waals surface area contributed by atoms with Crippen LogP contribution in [0.5, 0.6) is 0 Å². The topological polar surface area (TPSA) is 112 Å². The summed E-state index contributed by atoms with van der Waals surface area (Å²) in [6, 6.07) is -0.0923. The maximum atomic E-state index is 12.4. The van der Waals surface area contributed by atoms with Crippen LogP contribution >= 0.6 is 0 Å². The van der Waals surface area contributed by atoms with Gasteiger partial charge in [-0.2, -0.15) is 0 Å². The summed E-state index contributed by atoms with van der Waals surface area (Å²) < 4.78 is 1.81. The van der Waals surface area contributed by atoms with Gasteiger partial charge in [-0.15, -0.1) is 10.2 Å². The zero-order chi connectivity index (χ0) is 19.7. The van der Waals surface area contributed by atoms with Gasteiger partial charge in [0.05, 0.1) is 5.71 Å². The summed E-state index contributed by atoms with van der Waals surface area (Å²) in [6.07, 6.45) is 11.4. The molecule has 9 nitrogen and oxygen atoms in total.